The van der Waals surface area contributed by atoms with Crippen molar-refractivity contribution in [3.8, 4) is 0 Å². The molecule has 1 N–H and O–H groups in total. The van der Waals surface area contributed by atoms with Crippen LogP contribution < -0.4 is 0 Å². The third kappa shape index (κ3) is 4.32. The zero-order valence-electron chi connectivity index (χ0n) is 26.7. The number of furan rings is 1. The maximum atomic E-state index is 13.4. The number of esters is 2. The lowest BCUT2D eigenvalue weighted by molar-refractivity contribution is -0.274. The summed E-state index contributed by atoms with van der Waals surface area (Å²) in [4.78, 5) is 25.8. The summed E-state index contributed by atoms with van der Waals surface area (Å²) in [5.41, 5.74) is -0.238. The third-order valence-corrected chi connectivity index (χ3v) is 12.7. The van der Waals surface area contributed by atoms with Crippen LogP contribution in [0.3, 0.4) is 0 Å². The number of rotatable bonds is 5. The molecule has 0 radical (unpaired) electrons. The fourth-order valence-electron chi connectivity index (χ4n) is 10.7. The minimum Gasteiger partial charge on any atom is -0.472 e. The zero-order chi connectivity index (χ0) is 31.1. The Hall–Kier alpha value is -2.20. The zero-order valence-corrected chi connectivity index (χ0v) is 26.7. The van der Waals surface area contributed by atoms with Gasteiger partial charge in [-0.25, -0.2) is 4.79 Å². The van der Waals surface area contributed by atoms with Crippen LogP contribution in [0.25, 0.3) is 0 Å². The summed E-state index contributed by atoms with van der Waals surface area (Å²) in [7, 11) is 1.67. The predicted octanol–water partition coefficient (Wildman–Crippen LogP) is 5.02. The van der Waals surface area contributed by atoms with Gasteiger partial charge in [0.25, 0.3) is 0 Å². The van der Waals surface area contributed by atoms with Crippen molar-refractivity contribution in [1.29, 1.82) is 0 Å². The first-order valence-corrected chi connectivity index (χ1v) is 15.8. The van der Waals surface area contributed by atoms with Gasteiger partial charge in [0.15, 0.2) is 6.29 Å². The number of aliphatic hydroxyl groups is 1. The molecule has 5 fully saturated rings. The summed E-state index contributed by atoms with van der Waals surface area (Å²) in [6.45, 7) is 14.1. The standard InChI is InChI=1S/C34H48O9/c1-9-17(2)31(37)43-25-14-24(41-19(4)35)32(5)16-40-28-29(32)33(25,6)23-13-26(38-8)42-22-12-21(20-10-11-39-15-20)18(3)27(22)34(23,7)30(28)36/h9-11,15,18,21-30,36H,12-14,16H2,1-8H3/b17-9+/t18-,21+,22-,23+,24+,25-,26+,27+,28+,29-,30+,32+,33-,34-/m0/s1. The van der Waals surface area contributed by atoms with E-state index in [4.69, 9.17) is 28.1 Å². The largest absolute Gasteiger partial charge is 0.472 e. The lowest BCUT2D eigenvalue weighted by Crippen LogP contribution is -2.73. The second kappa shape index (κ2) is 10.7. The Bertz CT molecular complexity index is 1260. The maximum Gasteiger partial charge on any atom is 0.333 e. The maximum absolute atomic E-state index is 13.4. The molecule has 0 amide bonds. The SMILES string of the molecule is C/C=C(\C)C(=O)O[C@H]1C[C@@H](OC(C)=O)[C@@]2(C)CO[C@H]3[C@@H](O)[C@]4(C)[C@@H]5[C@@H](C)[C@H](c6ccoc6)C[C@@H]5O[C@@H](OC)C[C@@H]4[C@]1(C)[C@@H]32. The van der Waals surface area contributed by atoms with Gasteiger partial charge in [0.2, 0.25) is 0 Å². The highest BCUT2D eigenvalue weighted by Crippen LogP contribution is 2.73. The van der Waals surface area contributed by atoms with Crippen molar-refractivity contribution >= 4 is 11.9 Å². The molecule has 2 saturated heterocycles. The Kier molecular flexibility index (Phi) is 7.67. The second-order valence-electron chi connectivity index (χ2n) is 14.5. The molecule has 0 bridgehead atoms. The van der Waals surface area contributed by atoms with Crippen LogP contribution >= 0.6 is 0 Å². The van der Waals surface area contributed by atoms with Crippen molar-refractivity contribution in [2.75, 3.05) is 13.7 Å². The molecule has 9 heteroatoms. The van der Waals surface area contributed by atoms with Gasteiger partial charge in [0.1, 0.15) is 12.2 Å². The van der Waals surface area contributed by atoms with E-state index in [0.717, 1.165) is 12.0 Å². The average Bonchev–Trinajstić information content (AvgIpc) is 3.68. The minimum absolute atomic E-state index is 0.0272. The second-order valence-corrected chi connectivity index (χ2v) is 14.5. The smallest absolute Gasteiger partial charge is 0.333 e. The molecule has 1 aromatic heterocycles. The number of hydrogen-bond acceptors (Lipinski definition) is 9. The van der Waals surface area contributed by atoms with E-state index < -0.39 is 47.0 Å². The van der Waals surface area contributed by atoms with Crippen molar-refractivity contribution < 1.29 is 42.8 Å². The van der Waals surface area contributed by atoms with Crippen LogP contribution in [0.2, 0.25) is 0 Å². The van der Waals surface area contributed by atoms with E-state index in [0.29, 0.717) is 25.0 Å². The van der Waals surface area contributed by atoms with Crippen molar-refractivity contribution in [2.45, 2.75) is 110 Å². The first-order chi connectivity index (χ1) is 20.3. The summed E-state index contributed by atoms with van der Waals surface area (Å²) in [5.74, 6) is -0.848. The average molecular weight is 601 g/mol. The van der Waals surface area contributed by atoms with Gasteiger partial charge < -0.3 is 33.2 Å². The van der Waals surface area contributed by atoms with Gasteiger partial charge >= 0.3 is 11.9 Å². The lowest BCUT2D eigenvalue weighted by Gasteiger charge is -2.67. The van der Waals surface area contributed by atoms with Crippen molar-refractivity contribution in [3.63, 3.8) is 0 Å². The molecule has 5 aliphatic rings. The van der Waals surface area contributed by atoms with Crippen molar-refractivity contribution in [3.05, 3.63) is 35.8 Å². The highest BCUT2D eigenvalue weighted by molar-refractivity contribution is 5.87. The summed E-state index contributed by atoms with van der Waals surface area (Å²) < 4.78 is 37.2. The minimum atomic E-state index is -0.820. The number of methoxy groups -OCH3 is 1. The van der Waals surface area contributed by atoms with Gasteiger partial charge in [-0.3, -0.25) is 4.79 Å². The third-order valence-electron chi connectivity index (χ3n) is 12.7. The van der Waals surface area contributed by atoms with E-state index in [-0.39, 0.29) is 47.6 Å². The number of aliphatic hydroxyl groups excluding tert-OH is 1. The van der Waals surface area contributed by atoms with Crippen LogP contribution in [0.1, 0.15) is 79.2 Å². The molecule has 43 heavy (non-hydrogen) atoms. The Morgan fingerprint density at radius 2 is 1.81 bits per heavy atom. The van der Waals surface area contributed by atoms with E-state index >= 15 is 0 Å². The van der Waals surface area contributed by atoms with Gasteiger partial charge in [-0.05, 0) is 55.6 Å². The molecule has 6 rings (SSSR count). The topological polar surface area (TPSA) is 114 Å². The molecule has 3 saturated carbocycles. The Morgan fingerprint density at radius 3 is 2.44 bits per heavy atom. The van der Waals surface area contributed by atoms with Gasteiger partial charge in [0.05, 0.1) is 37.4 Å². The number of ether oxygens (including phenoxy) is 5. The molecule has 0 aromatic carbocycles. The number of allylic oxidation sites excluding steroid dienone is 1. The van der Waals surface area contributed by atoms with E-state index in [1.54, 1.807) is 26.4 Å². The van der Waals surface area contributed by atoms with E-state index in [2.05, 4.69) is 27.7 Å². The predicted molar refractivity (Wildman–Crippen MR) is 156 cm³/mol. The van der Waals surface area contributed by atoms with Crippen LogP contribution in [-0.2, 0) is 33.3 Å². The molecule has 0 unspecified atom stereocenters. The number of fused-ring (bicyclic) bond motifs is 4. The van der Waals surface area contributed by atoms with Gasteiger partial charge in [-0.15, -0.1) is 0 Å². The van der Waals surface area contributed by atoms with Gasteiger partial charge in [-0.2, -0.15) is 0 Å². The van der Waals surface area contributed by atoms with Crippen LogP contribution in [0.4, 0.5) is 0 Å². The summed E-state index contributed by atoms with van der Waals surface area (Å²) in [5, 5.41) is 12.6. The summed E-state index contributed by atoms with van der Waals surface area (Å²) in [6, 6.07) is 2.02. The number of carbonyl (C=O) groups is 2. The number of hydrogen-bond donors (Lipinski definition) is 1. The monoisotopic (exact) mass is 600 g/mol. The molecule has 2 aliphatic heterocycles. The summed E-state index contributed by atoms with van der Waals surface area (Å²) >= 11 is 0. The van der Waals surface area contributed by atoms with Gasteiger partial charge in [0, 0.05) is 54.6 Å². The first kappa shape index (κ1) is 30.8. The van der Waals surface area contributed by atoms with Crippen LogP contribution in [-0.4, -0.2) is 67.6 Å². The highest BCUT2D eigenvalue weighted by Gasteiger charge is 2.77. The van der Waals surface area contributed by atoms with E-state index in [1.807, 2.05) is 19.3 Å². The van der Waals surface area contributed by atoms with Crippen molar-refractivity contribution in [1.82, 2.24) is 0 Å². The molecule has 14 atom stereocenters. The van der Waals surface area contributed by atoms with E-state index in [1.165, 1.54) is 6.92 Å². The molecular weight excluding hydrogens is 552 g/mol. The molecule has 0 spiro atoms. The molecular formula is C34H48O9. The normalized spacial score (nSPS) is 49.0. The molecule has 1 aromatic rings. The molecule has 9 nitrogen and oxygen atoms in total. The Balaban J connectivity index is 1.52. The Morgan fingerprint density at radius 1 is 1.07 bits per heavy atom. The quantitative estimate of drug-likeness (QED) is 0.368. The Labute approximate surface area is 254 Å². The number of carbonyl (C=O) groups excluding carboxylic acids is 2. The fraction of sp³-hybridized carbons (Fsp3) is 0.765. The first-order valence-electron chi connectivity index (χ1n) is 15.8. The molecule has 238 valence electrons. The fourth-order valence-corrected chi connectivity index (χ4v) is 10.7. The van der Waals surface area contributed by atoms with E-state index in [9.17, 15) is 14.7 Å². The highest BCUT2D eigenvalue weighted by atomic mass is 16.7. The molecule has 3 aliphatic carbocycles. The summed E-state index contributed by atoms with van der Waals surface area (Å²) in [6.07, 6.45) is 3.83. The van der Waals surface area contributed by atoms with Gasteiger partial charge in [-0.1, -0.05) is 33.8 Å². The lowest BCUT2D eigenvalue weighted by atomic mass is 9.38. The van der Waals surface area contributed by atoms with Crippen molar-refractivity contribution in [2.24, 2.45) is 39.9 Å². The van der Waals surface area contributed by atoms with Crippen LogP contribution in [0.15, 0.2) is 34.7 Å². The molecule has 3 heterocycles. The van der Waals surface area contributed by atoms with Crippen LogP contribution in [0.5, 0.6) is 0 Å². The van der Waals surface area contributed by atoms with Crippen LogP contribution in [0, 0.1) is 39.9 Å².